The summed E-state index contributed by atoms with van der Waals surface area (Å²) in [4.78, 5) is 2.39. The molecule has 0 saturated carbocycles. The molecule has 84 valence electrons. The van der Waals surface area contributed by atoms with E-state index >= 15 is 0 Å². The zero-order valence-electron chi connectivity index (χ0n) is 8.90. The Kier molecular flexibility index (Phi) is 3.87. The van der Waals surface area contributed by atoms with Crippen molar-refractivity contribution in [1.82, 2.24) is 15.1 Å². The molecule has 1 saturated heterocycles. The summed E-state index contributed by atoms with van der Waals surface area (Å²) in [6, 6.07) is 0. The van der Waals surface area contributed by atoms with Crippen molar-refractivity contribution in [3.63, 3.8) is 0 Å². The third-order valence-corrected chi connectivity index (χ3v) is 3.13. The van der Waals surface area contributed by atoms with E-state index in [1.807, 2.05) is 6.92 Å². The number of ether oxygens (including phenoxy) is 1. The van der Waals surface area contributed by atoms with Gasteiger partial charge in [-0.05, 0) is 6.92 Å². The summed E-state index contributed by atoms with van der Waals surface area (Å²) in [5.74, 6) is 0. The third kappa shape index (κ3) is 3.40. The fourth-order valence-electron chi connectivity index (χ4n) is 1.51. The number of morpholine rings is 1. The Balaban J connectivity index is 1.65. The molecule has 1 aliphatic rings. The molecule has 5 nitrogen and oxygen atoms in total. The van der Waals surface area contributed by atoms with Crippen LogP contribution in [0.25, 0.3) is 0 Å². The number of nitrogens with zero attached hydrogens (tertiary/aromatic N) is 3. The summed E-state index contributed by atoms with van der Waals surface area (Å²) in [6.07, 6.45) is 0. The molecular weight excluding hydrogens is 212 g/mol. The summed E-state index contributed by atoms with van der Waals surface area (Å²) in [5.41, 5.74) is 0. The summed E-state index contributed by atoms with van der Waals surface area (Å²) >= 11 is 1.60. The molecule has 1 aliphatic heterocycles. The maximum absolute atomic E-state index is 5.29. The van der Waals surface area contributed by atoms with Crippen molar-refractivity contribution in [1.29, 1.82) is 0 Å². The standard InChI is InChI=1S/C9H16N4OS/c1-8-11-12-9(15-8)10-2-3-13-4-6-14-7-5-13/h2-7H2,1H3,(H,10,12). The predicted molar refractivity (Wildman–Crippen MR) is 60.4 cm³/mol. The Labute approximate surface area is 93.5 Å². The molecule has 0 aromatic carbocycles. The van der Waals surface area contributed by atoms with E-state index in [9.17, 15) is 0 Å². The summed E-state index contributed by atoms with van der Waals surface area (Å²) in [6.45, 7) is 7.73. The molecule has 15 heavy (non-hydrogen) atoms. The zero-order chi connectivity index (χ0) is 10.5. The van der Waals surface area contributed by atoms with Gasteiger partial charge in [0.05, 0.1) is 13.2 Å². The van der Waals surface area contributed by atoms with Gasteiger partial charge >= 0.3 is 0 Å². The van der Waals surface area contributed by atoms with E-state index in [0.717, 1.165) is 49.5 Å². The highest BCUT2D eigenvalue weighted by atomic mass is 32.1. The van der Waals surface area contributed by atoms with E-state index in [1.165, 1.54) is 0 Å². The first kappa shape index (κ1) is 10.8. The lowest BCUT2D eigenvalue weighted by molar-refractivity contribution is 0.0398. The normalized spacial score (nSPS) is 17.9. The molecule has 0 aliphatic carbocycles. The van der Waals surface area contributed by atoms with Crippen LogP contribution >= 0.6 is 11.3 Å². The van der Waals surface area contributed by atoms with Crippen LogP contribution in [0.4, 0.5) is 5.13 Å². The van der Waals surface area contributed by atoms with Gasteiger partial charge in [0.25, 0.3) is 0 Å². The van der Waals surface area contributed by atoms with Crippen LogP contribution in [0.3, 0.4) is 0 Å². The van der Waals surface area contributed by atoms with E-state index in [4.69, 9.17) is 4.74 Å². The number of hydrogen-bond donors (Lipinski definition) is 1. The molecule has 2 heterocycles. The second kappa shape index (κ2) is 5.39. The van der Waals surface area contributed by atoms with Gasteiger partial charge in [0.1, 0.15) is 5.01 Å². The van der Waals surface area contributed by atoms with Gasteiger partial charge in [-0.3, -0.25) is 4.90 Å². The molecule has 2 rings (SSSR count). The van der Waals surface area contributed by atoms with Crippen LogP contribution in [0.2, 0.25) is 0 Å². The molecular formula is C9H16N4OS. The fourth-order valence-corrected chi connectivity index (χ4v) is 2.13. The lowest BCUT2D eigenvalue weighted by atomic mass is 10.4. The fraction of sp³-hybridized carbons (Fsp3) is 0.778. The number of aryl methyl sites for hydroxylation is 1. The maximum Gasteiger partial charge on any atom is 0.205 e. The number of nitrogens with one attached hydrogen (secondary N) is 1. The second-order valence-corrected chi connectivity index (χ2v) is 4.69. The first-order valence-electron chi connectivity index (χ1n) is 5.19. The quantitative estimate of drug-likeness (QED) is 0.817. The van der Waals surface area contributed by atoms with Crippen molar-refractivity contribution in [2.24, 2.45) is 0 Å². The number of anilines is 1. The van der Waals surface area contributed by atoms with Crippen molar-refractivity contribution in [3.8, 4) is 0 Å². The Morgan fingerprint density at radius 1 is 1.40 bits per heavy atom. The molecule has 1 aromatic rings. The van der Waals surface area contributed by atoms with Gasteiger partial charge < -0.3 is 10.1 Å². The Morgan fingerprint density at radius 3 is 2.87 bits per heavy atom. The van der Waals surface area contributed by atoms with Gasteiger partial charge in [-0.1, -0.05) is 11.3 Å². The highest BCUT2D eigenvalue weighted by Crippen LogP contribution is 2.12. The van der Waals surface area contributed by atoms with Crippen molar-refractivity contribution < 1.29 is 4.74 Å². The highest BCUT2D eigenvalue weighted by Gasteiger charge is 2.09. The minimum atomic E-state index is 0.859. The molecule has 6 heteroatoms. The highest BCUT2D eigenvalue weighted by molar-refractivity contribution is 7.15. The van der Waals surface area contributed by atoms with Crippen LogP contribution in [0.5, 0.6) is 0 Å². The van der Waals surface area contributed by atoms with Crippen molar-refractivity contribution in [2.45, 2.75) is 6.92 Å². The molecule has 0 amide bonds. The van der Waals surface area contributed by atoms with Gasteiger partial charge in [-0.25, -0.2) is 0 Å². The smallest absolute Gasteiger partial charge is 0.205 e. The number of hydrogen-bond acceptors (Lipinski definition) is 6. The Hall–Kier alpha value is -0.720. The van der Waals surface area contributed by atoms with Crippen molar-refractivity contribution in [2.75, 3.05) is 44.7 Å². The summed E-state index contributed by atoms with van der Waals surface area (Å²) in [5, 5.41) is 13.2. The van der Waals surface area contributed by atoms with Crippen LogP contribution in [0, 0.1) is 6.92 Å². The zero-order valence-corrected chi connectivity index (χ0v) is 9.72. The molecule has 0 spiro atoms. The minimum absolute atomic E-state index is 0.859. The van der Waals surface area contributed by atoms with E-state index in [2.05, 4.69) is 20.4 Å². The van der Waals surface area contributed by atoms with Crippen LogP contribution in [-0.4, -0.2) is 54.5 Å². The number of aromatic nitrogens is 2. The average molecular weight is 228 g/mol. The molecule has 1 N–H and O–H groups in total. The van der Waals surface area contributed by atoms with E-state index in [0.29, 0.717) is 0 Å². The SMILES string of the molecule is Cc1nnc(NCCN2CCOCC2)s1. The van der Waals surface area contributed by atoms with Gasteiger partial charge in [0.2, 0.25) is 5.13 Å². The van der Waals surface area contributed by atoms with Crippen LogP contribution in [0.15, 0.2) is 0 Å². The van der Waals surface area contributed by atoms with Crippen molar-refractivity contribution in [3.05, 3.63) is 5.01 Å². The third-order valence-electron chi connectivity index (χ3n) is 2.33. The van der Waals surface area contributed by atoms with Crippen LogP contribution < -0.4 is 5.32 Å². The van der Waals surface area contributed by atoms with Crippen molar-refractivity contribution >= 4 is 16.5 Å². The second-order valence-electron chi connectivity index (χ2n) is 3.51. The average Bonchev–Trinajstić information content (AvgIpc) is 2.66. The summed E-state index contributed by atoms with van der Waals surface area (Å²) in [7, 11) is 0. The molecule has 0 radical (unpaired) electrons. The van der Waals surface area contributed by atoms with E-state index in [1.54, 1.807) is 11.3 Å². The predicted octanol–water partition coefficient (Wildman–Crippen LogP) is 0.591. The molecule has 0 bridgehead atoms. The Morgan fingerprint density at radius 2 is 2.20 bits per heavy atom. The molecule has 0 unspecified atom stereocenters. The Bertz CT molecular complexity index is 298. The van der Waals surface area contributed by atoms with Gasteiger partial charge in [-0.15, -0.1) is 10.2 Å². The largest absolute Gasteiger partial charge is 0.379 e. The summed E-state index contributed by atoms with van der Waals surface area (Å²) < 4.78 is 5.29. The number of rotatable bonds is 4. The van der Waals surface area contributed by atoms with Crippen LogP contribution in [0.1, 0.15) is 5.01 Å². The van der Waals surface area contributed by atoms with Crippen LogP contribution in [-0.2, 0) is 4.74 Å². The van der Waals surface area contributed by atoms with E-state index < -0.39 is 0 Å². The first-order chi connectivity index (χ1) is 7.34. The molecule has 0 atom stereocenters. The molecule has 1 fully saturated rings. The molecule has 1 aromatic heterocycles. The monoisotopic (exact) mass is 228 g/mol. The topological polar surface area (TPSA) is 50.3 Å². The minimum Gasteiger partial charge on any atom is -0.379 e. The first-order valence-corrected chi connectivity index (χ1v) is 6.00. The lowest BCUT2D eigenvalue weighted by Gasteiger charge is -2.26. The van der Waals surface area contributed by atoms with E-state index in [-0.39, 0.29) is 0 Å². The lowest BCUT2D eigenvalue weighted by Crippen LogP contribution is -2.38. The maximum atomic E-state index is 5.29. The van der Waals surface area contributed by atoms with Gasteiger partial charge in [-0.2, -0.15) is 0 Å². The van der Waals surface area contributed by atoms with Gasteiger partial charge in [0.15, 0.2) is 0 Å². The van der Waals surface area contributed by atoms with Gasteiger partial charge in [0, 0.05) is 26.2 Å².